The third-order valence-corrected chi connectivity index (χ3v) is 4.91. The first-order chi connectivity index (χ1) is 9.08. The van der Waals surface area contributed by atoms with Gasteiger partial charge in [0.05, 0.1) is 24.1 Å². The van der Waals surface area contributed by atoms with Crippen molar-refractivity contribution in [3.63, 3.8) is 0 Å². The molecule has 19 heavy (non-hydrogen) atoms. The van der Waals surface area contributed by atoms with Crippen LogP contribution in [0.25, 0.3) is 0 Å². The maximum Gasteiger partial charge on any atom is 0.133 e. The van der Waals surface area contributed by atoms with Crippen LogP contribution in [-0.4, -0.2) is 14.2 Å². The summed E-state index contributed by atoms with van der Waals surface area (Å²) in [4.78, 5) is 0. The maximum atomic E-state index is 6.60. The highest BCUT2D eigenvalue weighted by molar-refractivity contribution is 9.10. The Hall–Kier alpha value is -0.710. The molecule has 1 atom stereocenters. The van der Waals surface area contributed by atoms with Crippen LogP contribution in [0.3, 0.4) is 0 Å². The Bertz CT molecular complexity index is 583. The summed E-state index contributed by atoms with van der Waals surface area (Å²) in [6.45, 7) is 2.06. The second-order valence-corrected chi connectivity index (χ2v) is 6.14. The van der Waals surface area contributed by atoms with Gasteiger partial charge >= 0.3 is 0 Å². The third-order valence-electron chi connectivity index (χ3n) is 2.95. The van der Waals surface area contributed by atoms with E-state index < -0.39 is 0 Å². The van der Waals surface area contributed by atoms with Crippen LogP contribution in [0.15, 0.2) is 27.4 Å². The summed E-state index contributed by atoms with van der Waals surface area (Å²) in [5.74, 6) is 1.49. The van der Waals surface area contributed by atoms with Crippen molar-refractivity contribution in [2.75, 3.05) is 14.2 Å². The molecule has 2 nitrogen and oxygen atoms in total. The minimum atomic E-state index is -0.247. The highest BCUT2D eigenvalue weighted by Crippen LogP contribution is 2.42. The maximum absolute atomic E-state index is 6.60. The molecule has 1 unspecified atom stereocenters. The minimum Gasteiger partial charge on any atom is -0.496 e. The zero-order valence-electron chi connectivity index (χ0n) is 10.9. The van der Waals surface area contributed by atoms with E-state index in [1.165, 1.54) is 5.56 Å². The zero-order valence-corrected chi connectivity index (χ0v) is 14.0. The van der Waals surface area contributed by atoms with Crippen LogP contribution in [0.5, 0.6) is 11.5 Å². The van der Waals surface area contributed by atoms with E-state index in [9.17, 15) is 0 Å². The average molecular weight is 362 g/mol. The van der Waals surface area contributed by atoms with E-state index in [2.05, 4.69) is 33.6 Å². The Balaban J connectivity index is 2.51. The van der Waals surface area contributed by atoms with Gasteiger partial charge in [-0.25, -0.2) is 0 Å². The number of hydrogen-bond acceptors (Lipinski definition) is 3. The fraction of sp³-hybridized carbons (Fsp3) is 0.286. The predicted molar refractivity (Wildman–Crippen MR) is 84.0 cm³/mol. The number of aryl methyl sites for hydroxylation is 1. The number of thiophene rings is 1. The fourth-order valence-corrected chi connectivity index (χ4v) is 3.72. The zero-order chi connectivity index (χ0) is 14.0. The molecule has 0 N–H and O–H groups in total. The molecule has 0 aliphatic heterocycles. The molecule has 0 fully saturated rings. The molecule has 0 bridgehead atoms. The van der Waals surface area contributed by atoms with Crippen LogP contribution >= 0.6 is 38.9 Å². The Kier molecular flexibility index (Phi) is 4.76. The van der Waals surface area contributed by atoms with Gasteiger partial charge in [0.2, 0.25) is 0 Å². The summed E-state index contributed by atoms with van der Waals surface area (Å²) >= 11 is 11.7. The van der Waals surface area contributed by atoms with Crippen molar-refractivity contribution in [2.45, 2.75) is 12.3 Å². The molecule has 2 rings (SSSR count). The van der Waals surface area contributed by atoms with Crippen LogP contribution in [-0.2, 0) is 0 Å². The smallest absolute Gasteiger partial charge is 0.133 e. The van der Waals surface area contributed by atoms with Crippen molar-refractivity contribution in [2.24, 2.45) is 0 Å². The van der Waals surface area contributed by atoms with E-state index in [1.807, 2.05) is 12.1 Å². The van der Waals surface area contributed by atoms with Crippen molar-refractivity contribution in [1.29, 1.82) is 0 Å². The van der Waals surface area contributed by atoms with Gasteiger partial charge in [-0.15, -0.1) is 11.6 Å². The Morgan fingerprint density at radius 1 is 1.11 bits per heavy atom. The van der Waals surface area contributed by atoms with Crippen molar-refractivity contribution in [1.82, 2.24) is 0 Å². The first-order valence-electron chi connectivity index (χ1n) is 5.66. The largest absolute Gasteiger partial charge is 0.496 e. The van der Waals surface area contributed by atoms with E-state index in [0.717, 1.165) is 27.1 Å². The molecule has 0 aliphatic rings. The molecule has 0 saturated heterocycles. The van der Waals surface area contributed by atoms with Crippen LogP contribution in [0.4, 0.5) is 0 Å². The summed E-state index contributed by atoms with van der Waals surface area (Å²) < 4.78 is 11.6. The van der Waals surface area contributed by atoms with Crippen LogP contribution < -0.4 is 9.47 Å². The number of ether oxygens (including phenoxy) is 2. The summed E-state index contributed by atoms with van der Waals surface area (Å²) in [6, 6.07) is 3.79. The predicted octanol–water partition coefficient (Wildman–Crippen LogP) is 5.16. The molecular formula is C14H14BrClO2S. The van der Waals surface area contributed by atoms with Gasteiger partial charge in [-0.1, -0.05) is 0 Å². The average Bonchev–Trinajstić information content (AvgIpc) is 2.83. The van der Waals surface area contributed by atoms with Crippen molar-refractivity contribution in [3.05, 3.63) is 44.1 Å². The van der Waals surface area contributed by atoms with Gasteiger partial charge < -0.3 is 9.47 Å². The topological polar surface area (TPSA) is 18.5 Å². The molecule has 5 heteroatoms. The lowest BCUT2D eigenvalue weighted by Crippen LogP contribution is -1.99. The van der Waals surface area contributed by atoms with Gasteiger partial charge in [-0.05, 0) is 56.9 Å². The Morgan fingerprint density at radius 3 is 2.32 bits per heavy atom. The number of hydrogen-bond donors (Lipinski definition) is 0. The van der Waals surface area contributed by atoms with Gasteiger partial charge in [-0.3, -0.25) is 0 Å². The first-order valence-corrected chi connectivity index (χ1v) is 7.83. The summed E-state index contributed by atoms with van der Waals surface area (Å²) in [7, 11) is 3.28. The second-order valence-electron chi connectivity index (χ2n) is 4.10. The molecule has 0 saturated carbocycles. The number of methoxy groups -OCH3 is 2. The summed E-state index contributed by atoms with van der Waals surface area (Å²) in [6.07, 6.45) is 0. The standard InChI is InChI=1S/C14H14BrClO2S/c1-8-6-19-7-10(8)14(16)9-4-13(18-3)11(15)5-12(9)17-2/h4-7,14H,1-3H3. The van der Waals surface area contributed by atoms with Crippen molar-refractivity contribution in [3.8, 4) is 11.5 Å². The van der Waals surface area contributed by atoms with Gasteiger partial charge in [0, 0.05) is 5.56 Å². The van der Waals surface area contributed by atoms with E-state index in [0.29, 0.717) is 0 Å². The van der Waals surface area contributed by atoms with Crippen molar-refractivity contribution < 1.29 is 9.47 Å². The molecule has 0 aliphatic carbocycles. The summed E-state index contributed by atoms with van der Waals surface area (Å²) in [5, 5.41) is 3.91. The minimum absolute atomic E-state index is 0.247. The monoisotopic (exact) mass is 360 g/mol. The number of rotatable bonds is 4. The van der Waals surface area contributed by atoms with E-state index >= 15 is 0 Å². The van der Waals surface area contributed by atoms with Gasteiger partial charge in [0.15, 0.2) is 0 Å². The lowest BCUT2D eigenvalue weighted by atomic mass is 10.0. The first kappa shape index (κ1) is 14.7. The molecule has 1 heterocycles. The molecule has 1 aromatic carbocycles. The number of halogens is 2. The molecule has 102 valence electrons. The van der Waals surface area contributed by atoms with Gasteiger partial charge in [0.25, 0.3) is 0 Å². The van der Waals surface area contributed by atoms with E-state index in [1.54, 1.807) is 25.6 Å². The number of alkyl halides is 1. The second kappa shape index (κ2) is 6.16. The highest BCUT2D eigenvalue weighted by Gasteiger charge is 2.20. The van der Waals surface area contributed by atoms with Gasteiger partial charge in [0.1, 0.15) is 11.5 Å². The normalized spacial score (nSPS) is 12.3. The summed E-state index contributed by atoms with van der Waals surface area (Å²) in [5.41, 5.74) is 3.20. The highest BCUT2D eigenvalue weighted by atomic mass is 79.9. The molecule has 1 aromatic heterocycles. The molecule has 0 radical (unpaired) electrons. The SMILES string of the molecule is COc1cc(C(Cl)c2cscc2C)c(OC)cc1Br. The van der Waals surface area contributed by atoms with Crippen LogP contribution in [0.1, 0.15) is 22.1 Å². The Morgan fingerprint density at radius 2 is 1.79 bits per heavy atom. The quantitative estimate of drug-likeness (QED) is 0.700. The third kappa shape index (κ3) is 2.91. The van der Waals surface area contributed by atoms with Crippen molar-refractivity contribution >= 4 is 38.9 Å². The molecule has 2 aromatic rings. The Labute approximate surface area is 130 Å². The fourth-order valence-electron chi connectivity index (χ4n) is 1.88. The molecule has 0 amide bonds. The lowest BCUT2D eigenvalue weighted by molar-refractivity contribution is 0.397. The molecule has 0 spiro atoms. The number of benzene rings is 1. The lowest BCUT2D eigenvalue weighted by Gasteiger charge is -2.16. The van der Waals surface area contributed by atoms with Gasteiger partial charge in [-0.2, -0.15) is 11.3 Å². The molecular weight excluding hydrogens is 348 g/mol. The van der Waals surface area contributed by atoms with E-state index in [4.69, 9.17) is 21.1 Å². The van der Waals surface area contributed by atoms with Crippen LogP contribution in [0.2, 0.25) is 0 Å². The van der Waals surface area contributed by atoms with Crippen LogP contribution in [0, 0.1) is 6.92 Å². The van der Waals surface area contributed by atoms with E-state index in [-0.39, 0.29) is 5.38 Å².